The van der Waals surface area contributed by atoms with Crippen LogP contribution in [0, 0.1) is 0 Å². The van der Waals surface area contributed by atoms with Gasteiger partial charge in [-0.2, -0.15) is 0 Å². The monoisotopic (exact) mass is 349 g/mol. The second-order valence-electron chi connectivity index (χ2n) is 5.08. The van der Waals surface area contributed by atoms with E-state index in [1.165, 1.54) is 11.3 Å². The lowest BCUT2D eigenvalue weighted by atomic mass is 10.1. The fraction of sp³-hybridized carbons (Fsp3) is 0. The van der Waals surface area contributed by atoms with Gasteiger partial charge in [-0.1, -0.05) is 48.5 Å². The maximum atomic E-state index is 12.6. The van der Waals surface area contributed by atoms with Gasteiger partial charge in [-0.3, -0.25) is 14.9 Å². The zero-order valence-corrected chi connectivity index (χ0v) is 14.0. The van der Waals surface area contributed by atoms with Crippen LogP contribution in [-0.2, 0) is 4.79 Å². The molecule has 0 saturated carbocycles. The molecule has 0 aliphatic rings. The van der Waals surface area contributed by atoms with Crippen molar-refractivity contribution in [2.75, 3.05) is 5.32 Å². The number of aromatic nitrogens is 1. The van der Waals surface area contributed by atoms with Gasteiger partial charge >= 0.3 is 0 Å². The van der Waals surface area contributed by atoms with Gasteiger partial charge in [0, 0.05) is 17.1 Å². The van der Waals surface area contributed by atoms with Crippen LogP contribution in [0.4, 0.5) is 5.13 Å². The molecule has 0 fully saturated rings. The Balaban J connectivity index is 1.85. The Labute approximate surface area is 149 Å². The molecular formula is C19H15N3O2S. The summed E-state index contributed by atoms with van der Waals surface area (Å²) in [6.45, 7) is 0. The largest absolute Gasteiger partial charge is 0.317 e. The maximum absolute atomic E-state index is 12.6. The number of nitrogens with zero attached hydrogens (tertiary/aromatic N) is 1. The minimum absolute atomic E-state index is 0.148. The molecule has 0 bridgehead atoms. The number of amides is 2. The normalized spacial score (nSPS) is 11.0. The summed E-state index contributed by atoms with van der Waals surface area (Å²) >= 11 is 1.31. The number of carbonyl (C=O) groups is 2. The van der Waals surface area contributed by atoms with E-state index in [4.69, 9.17) is 0 Å². The molecule has 1 aromatic heterocycles. The van der Waals surface area contributed by atoms with E-state index in [9.17, 15) is 9.59 Å². The van der Waals surface area contributed by atoms with E-state index in [-0.39, 0.29) is 11.6 Å². The number of nitrogens with one attached hydrogen (secondary N) is 2. The molecular weight excluding hydrogens is 334 g/mol. The van der Waals surface area contributed by atoms with Crippen LogP contribution in [0.5, 0.6) is 0 Å². The quantitative estimate of drug-likeness (QED) is 0.692. The van der Waals surface area contributed by atoms with E-state index in [2.05, 4.69) is 15.6 Å². The van der Waals surface area contributed by atoms with Crippen LogP contribution in [0.2, 0.25) is 0 Å². The van der Waals surface area contributed by atoms with Crippen LogP contribution in [0.15, 0.2) is 77.9 Å². The van der Waals surface area contributed by atoms with Gasteiger partial charge in [-0.15, -0.1) is 11.3 Å². The smallest absolute Gasteiger partial charge is 0.273 e. The molecule has 0 aliphatic heterocycles. The minimum atomic E-state index is -0.428. The fourth-order valence-corrected chi connectivity index (χ4v) is 2.63. The molecule has 3 aromatic rings. The average Bonchev–Trinajstić information content (AvgIpc) is 3.15. The lowest BCUT2D eigenvalue weighted by molar-refractivity contribution is -0.113. The number of hydrogen-bond acceptors (Lipinski definition) is 4. The highest BCUT2D eigenvalue weighted by Crippen LogP contribution is 2.13. The highest BCUT2D eigenvalue weighted by atomic mass is 32.1. The number of carbonyl (C=O) groups excluding carboxylic acids is 2. The van der Waals surface area contributed by atoms with Crippen LogP contribution in [0.1, 0.15) is 15.9 Å². The number of hydrogen-bond donors (Lipinski definition) is 2. The summed E-state index contributed by atoms with van der Waals surface area (Å²) in [6.07, 6.45) is 3.23. The van der Waals surface area contributed by atoms with Crippen LogP contribution in [0.3, 0.4) is 0 Å². The summed E-state index contributed by atoms with van der Waals surface area (Å²) in [4.78, 5) is 29.0. The van der Waals surface area contributed by atoms with Crippen LogP contribution in [-0.4, -0.2) is 16.8 Å². The van der Waals surface area contributed by atoms with Gasteiger partial charge in [0.2, 0.25) is 0 Å². The van der Waals surface area contributed by atoms with Gasteiger partial charge in [-0.25, -0.2) is 4.98 Å². The maximum Gasteiger partial charge on any atom is 0.273 e. The van der Waals surface area contributed by atoms with Crippen molar-refractivity contribution >= 4 is 34.4 Å². The molecule has 2 N–H and O–H groups in total. The van der Waals surface area contributed by atoms with Crippen LogP contribution in [0.25, 0.3) is 6.08 Å². The molecule has 2 aromatic carbocycles. The fourth-order valence-electron chi connectivity index (χ4n) is 2.11. The molecule has 0 spiro atoms. The molecule has 0 saturated heterocycles. The molecule has 1 heterocycles. The number of thiazole rings is 1. The van der Waals surface area contributed by atoms with Crippen molar-refractivity contribution in [3.8, 4) is 0 Å². The Morgan fingerprint density at radius 3 is 2.28 bits per heavy atom. The van der Waals surface area contributed by atoms with Crippen molar-refractivity contribution in [1.82, 2.24) is 10.3 Å². The topological polar surface area (TPSA) is 71.1 Å². The molecule has 25 heavy (non-hydrogen) atoms. The van der Waals surface area contributed by atoms with Crippen LogP contribution < -0.4 is 10.6 Å². The van der Waals surface area contributed by atoms with E-state index >= 15 is 0 Å². The summed E-state index contributed by atoms with van der Waals surface area (Å²) in [5.41, 5.74) is 1.43. The lowest BCUT2D eigenvalue weighted by Crippen LogP contribution is -2.30. The molecule has 3 rings (SSSR count). The third-order valence-electron chi connectivity index (χ3n) is 3.29. The molecule has 2 amide bonds. The third kappa shape index (κ3) is 4.62. The zero-order chi connectivity index (χ0) is 17.5. The first-order chi connectivity index (χ1) is 12.2. The molecule has 0 aliphatic carbocycles. The van der Waals surface area contributed by atoms with Crippen molar-refractivity contribution in [1.29, 1.82) is 0 Å². The highest BCUT2D eigenvalue weighted by Gasteiger charge is 2.15. The first-order valence-electron chi connectivity index (χ1n) is 7.56. The Bertz CT molecular complexity index is 876. The van der Waals surface area contributed by atoms with E-state index in [1.54, 1.807) is 41.9 Å². The van der Waals surface area contributed by atoms with Crippen molar-refractivity contribution in [3.63, 3.8) is 0 Å². The van der Waals surface area contributed by atoms with Crippen LogP contribution >= 0.6 is 11.3 Å². The first kappa shape index (κ1) is 16.6. The predicted octanol–water partition coefficient (Wildman–Crippen LogP) is 3.55. The molecule has 6 heteroatoms. The van der Waals surface area contributed by atoms with Crippen molar-refractivity contribution in [2.45, 2.75) is 0 Å². The van der Waals surface area contributed by atoms with Crippen molar-refractivity contribution in [3.05, 3.63) is 89.1 Å². The van der Waals surface area contributed by atoms with Gasteiger partial charge in [0.25, 0.3) is 11.8 Å². The Hall–Kier alpha value is -3.25. The summed E-state index contributed by atoms with van der Waals surface area (Å²) < 4.78 is 0. The van der Waals surface area contributed by atoms with E-state index in [1.807, 2.05) is 36.4 Å². The van der Waals surface area contributed by atoms with E-state index in [0.29, 0.717) is 10.7 Å². The second-order valence-corrected chi connectivity index (χ2v) is 5.97. The molecule has 0 radical (unpaired) electrons. The highest BCUT2D eigenvalue weighted by molar-refractivity contribution is 7.13. The summed E-state index contributed by atoms with van der Waals surface area (Å²) in [5, 5.41) is 7.60. The Morgan fingerprint density at radius 2 is 1.64 bits per heavy atom. The zero-order valence-electron chi connectivity index (χ0n) is 13.2. The number of rotatable bonds is 5. The predicted molar refractivity (Wildman–Crippen MR) is 99.1 cm³/mol. The Kier molecular flexibility index (Phi) is 5.33. The molecule has 0 unspecified atom stereocenters. The second kappa shape index (κ2) is 8.03. The van der Waals surface area contributed by atoms with Gasteiger partial charge in [-0.05, 0) is 23.8 Å². The molecule has 124 valence electrons. The van der Waals surface area contributed by atoms with E-state index < -0.39 is 5.91 Å². The van der Waals surface area contributed by atoms with E-state index in [0.717, 1.165) is 5.56 Å². The number of benzene rings is 2. The van der Waals surface area contributed by atoms with Gasteiger partial charge in [0.1, 0.15) is 5.70 Å². The lowest BCUT2D eigenvalue weighted by Gasteiger charge is -2.10. The molecule has 5 nitrogen and oxygen atoms in total. The van der Waals surface area contributed by atoms with Gasteiger partial charge in [0.05, 0.1) is 0 Å². The molecule has 0 atom stereocenters. The standard InChI is InChI=1S/C19H15N3O2S/c23-17(15-9-5-2-6-10-15)21-16(13-14-7-3-1-4-8-14)18(24)22-19-20-11-12-25-19/h1-13H,(H,21,23)(H,20,22,24)/b16-13+. The van der Waals surface area contributed by atoms with Crippen molar-refractivity contribution in [2.24, 2.45) is 0 Å². The third-order valence-corrected chi connectivity index (χ3v) is 3.98. The van der Waals surface area contributed by atoms with Gasteiger partial charge < -0.3 is 5.32 Å². The first-order valence-corrected chi connectivity index (χ1v) is 8.44. The average molecular weight is 349 g/mol. The minimum Gasteiger partial charge on any atom is -0.317 e. The Morgan fingerprint density at radius 1 is 0.960 bits per heavy atom. The van der Waals surface area contributed by atoms with Gasteiger partial charge in [0.15, 0.2) is 5.13 Å². The SMILES string of the molecule is O=C(Nc1nccs1)/C(=C\c1ccccc1)NC(=O)c1ccccc1. The van der Waals surface area contributed by atoms with Crippen molar-refractivity contribution < 1.29 is 9.59 Å². The number of anilines is 1. The summed E-state index contributed by atoms with van der Waals surface area (Å²) in [7, 11) is 0. The summed E-state index contributed by atoms with van der Waals surface area (Å²) in [6, 6.07) is 18.1. The summed E-state index contributed by atoms with van der Waals surface area (Å²) in [5.74, 6) is -0.778.